The highest BCUT2D eigenvalue weighted by Crippen LogP contribution is 2.46. The van der Waals surface area contributed by atoms with E-state index in [9.17, 15) is 18.0 Å². The average molecular weight is 469 g/mol. The monoisotopic (exact) mass is 468 g/mol. The smallest absolute Gasteiger partial charge is 0.372 e. The second-order valence-corrected chi connectivity index (χ2v) is 8.74. The van der Waals surface area contributed by atoms with Crippen LogP contribution in [0.25, 0.3) is 0 Å². The van der Waals surface area contributed by atoms with Crippen molar-refractivity contribution < 1.29 is 18.0 Å². The van der Waals surface area contributed by atoms with E-state index in [-0.39, 0.29) is 23.7 Å². The van der Waals surface area contributed by atoms with Crippen molar-refractivity contribution in [2.75, 3.05) is 10.6 Å². The van der Waals surface area contributed by atoms with E-state index in [1.807, 2.05) is 30.3 Å². The lowest BCUT2D eigenvalue weighted by atomic mass is 9.78. The summed E-state index contributed by atoms with van der Waals surface area (Å²) in [5.74, 6) is -0.268. The number of hydrogen-bond acceptors (Lipinski definition) is 3. The maximum Gasteiger partial charge on any atom is 0.416 e. The lowest BCUT2D eigenvalue weighted by Crippen LogP contribution is -2.28. The van der Waals surface area contributed by atoms with Gasteiger partial charge in [-0.1, -0.05) is 54.1 Å². The van der Waals surface area contributed by atoms with Gasteiger partial charge in [-0.25, -0.2) is 0 Å². The van der Waals surface area contributed by atoms with Crippen molar-refractivity contribution in [1.29, 1.82) is 0 Å². The van der Waals surface area contributed by atoms with Crippen molar-refractivity contribution in [3.8, 4) is 0 Å². The van der Waals surface area contributed by atoms with Crippen LogP contribution in [0.4, 0.5) is 24.5 Å². The normalized spacial score (nSPS) is 20.3. The van der Waals surface area contributed by atoms with Crippen molar-refractivity contribution in [1.82, 2.24) is 0 Å². The lowest BCUT2D eigenvalue weighted by Gasteiger charge is -2.31. The molecule has 3 nitrogen and oxygen atoms in total. The molecule has 33 heavy (non-hydrogen) atoms. The van der Waals surface area contributed by atoms with Crippen LogP contribution in [0, 0.1) is 0 Å². The molecule has 0 spiro atoms. The maximum absolute atomic E-state index is 13.9. The van der Waals surface area contributed by atoms with E-state index in [1.165, 1.54) is 12.1 Å². The van der Waals surface area contributed by atoms with E-state index in [2.05, 4.69) is 10.6 Å². The number of benzene rings is 3. The summed E-state index contributed by atoms with van der Waals surface area (Å²) in [7, 11) is 0. The SMILES string of the molecule is O=C1C[C@@H](c2ccc(Cl)cc2)CC2=C1[C@H](c1ccccc1C(F)(F)F)Nc1ccccc1N2. The number of rotatable bonds is 2. The van der Waals surface area contributed by atoms with Crippen molar-refractivity contribution >= 4 is 28.8 Å². The molecular formula is C26H20ClF3N2O. The molecule has 0 amide bonds. The van der Waals surface area contributed by atoms with E-state index in [4.69, 9.17) is 11.6 Å². The van der Waals surface area contributed by atoms with Crippen LogP contribution in [0.15, 0.2) is 84.1 Å². The third kappa shape index (κ3) is 4.11. The van der Waals surface area contributed by atoms with Crippen LogP contribution in [0.5, 0.6) is 0 Å². The summed E-state index contributed by atoms with van der Waals surface area (Å²) in [5, 5.41) is 7.18. The van der Waals surface area contributed by atoms with Crippen LogP contribution in [0.3, 0.4) is 0 Å². The largest absolute Gasteiger partial charge is 0.416 e. The first kappa shape index (κ1) is 21.6. The predicted octanol–water partition coefficient (Wildman–Crippen LogP) is 7.34. The Balaban J connectivity index is 1.65. The second-order valence-electron chi connectivity index (χ2n) is 8.31. The number of hydrogen-bond donors (Lipinski definition) is 2. The molecule has 0 saturated carbocycles. The Morgan fingerprint density at radius 1 is 0.848 bits per heavy atom. The highest BCUT2D eigenvalue weighted by molar-refractivity contribution is 6.30. The summed E-state index contributed by atoms with van der Waals surface area (Å²) >= 11 is 6.02. The summed E-state index contributed by atoms with van der Waals surface area (Å²) in [6, 6.07) is 19.2. The Labute approximate surface area is 194 Å². The summed E-state index contributed by atoms with van der Waals surface area (Å²) in [6.07, 6.45) is -3.82. The minimum Gasteiger partial charge on any atom is -0.372 e. The minimum absolute atomic E-state index is 0.0364. The Kier molecular flexibility index (Phi) is 5.41. The Hall–Kier alpha value is -3.25. The van der Waals surface area contributed by atoms with Crippen LogP contribution in [0.2, 0.25) is 5.02 Å². The summed E-state index contributed by atoms with van der Waals surface area (Å²) < 4.78 is 41.6. The average Bonchev–Trinajstić information content (AvgIpc) is 2.96. The van der Waals surface area contributed by atoms with Crippen LogP contribution < -0.4 is 10.6 Å². The number of carbonyl (C=O) groups is 1. The van der Waals surface area contributed by atoms with Crippen molar-refractivity contribution in [3.63, 3.8) is 0 Å². The molecule has 168 valence electrons. The number of carbonyl (C=O) groups excluding carboxylic acids is 1. The third-order valence-electron chi connectivity index (χ3n) is 6.23. The molecule has 5 rings (SSSR count). The van der Waals surface area contributed by atoms with Gasteiger partial charge in [-0.05, 0) is 53.8 Å². The van der Waals surface area contributed by atoms with Gasteiger partial charge in [-0.3, -0.25) is 4.79 Å². The summed E-state index contributed by atoms with van der Waals surface area (Å²) in [5.41, 5.74) is 2.62. The van der Waals surface area contributed by atoms with Gasteiger partial charge in [0.05, 0.1) is 23.0 Å². The summed E-state index contributed by atoms with van der Waals surface area (Å²) in [6.45, 7) is 0. The van der Waals surface area contributed by atoms with Crippen LogP contribution in [-0.2, 0) is 11.0 Å². The van der Waals surface area contributed by atoms with Gasteiger partial charge in [0.15, 0.2) is 5.78 Å². The molecule has 0 bridgehead atoms. The molecule has 0 radical (unpaired) electrons. The number of halogens is 4. The van der Waals surface area contributed by atoms with E-state index in [1.54, 1.807) is 24.3 Å². The third-order valence-corrected chi connectivity index (χ3v) is 6.48. The number of ketones is 1. The van der Waals surface area contributed by atoms with Gasteiger partial charge in [-0.15, -0.1) is 0 Å². The number of alkyl halides is 3. The fourth-order valence-corrected chi connectivity index (χ4v) is 4.83. The molecule has 1 heterocycles. The molecule has 0 unspecified atom stereocenters. The fourth-order valence-electron chi connectivity index (χ4n) is 4.70. The highest BCUT2D eigenvalue weighted by atomic mass is 35.5. The first-order valence-electron chi connectivity index (χ1n) is 10.6. The number of nitrogens with one attached hydrogen (secondary N) is 2. The molecule has 7 heteroatoms. The van der Waals surface area contributed by atoms with E-state index < -0.39 is 17.8 Å². The molecule has 1 aliphatic carbocycles. The molecular weight excluding hydrogens is 449 g/mol. The molecule has 0 fully saturated rings. The predicted molar refractivity (Wildman–Crippen MR) is 123 cm³/mol. The molecule has 1 aliphatic heterocycles. The molecule has 0 aromatic heterocycles. The molecule has 3 aromatic rings. The quantitative estimate of drug-likeness (QED) is 0.413. The van der Waals surface area contributed by atoms with Gasteiger partial charge >= 0.3 is 6.18 Å². The zero-order valence-corrected chi connectivity index (χ0v) is 18.2. The van der Waals surface area contributed by atoms with Crippen molar-refractivity contribution in [2.24, 2.45) is 0 Å². The van der Waals surface area contributed by atoms with E-state index >= 15 is 0 Å². The molecule has 2 atom stereocenters. The van der Waals surface area contributed by atoms with Gasteiger partial charge < -0.3 is 10.6 Å². The number of fused-ring (bicyclic) bond motifs is 1. The maximum atomic E-state index is 13.9. The minimum atomic E-state index is -4.54. The highest BCUT2D eigenvalue weighted by Gasteiger charge is 2.40. The van der Waals surface area contributed by atoms with Gasteiger partial charge in [0.1, 0.15) is 0 Å². The van der Waals surface area contributed by atoms with Gasteiger partial charge in [-0.2, -0.15) is 13.2 Å². The van der Waals surface area contributed by atoms with Gasteiger partial charge in [0.2, 0.25) is 0 Å². The van der Waals surface area contributed by atoms with Crippen molar-refractivity contribution in [2.45, 2.75) is 31.0 Å². The van der Waals surface area contributed by atoms with E-state index in [0.717, 1.165) is 17.3 Å². The van der Waals surface area contributed by atoms with Gasteiger partial charge in [0.25, 0.3) is 0 Å². The molecule has 0 saturated heterocycles. The zero-order chi connectivity index (χ0) is 23.2. The van der Waals surface area contributed by atoms with E-state index in [0.29, 0.717) is 28.4 Å². The fraction of sp³-hybridized carbons (Fsp3) is 0.192. The van der Waals surface area contributed by atoms with Gasteiger partial charge in [0, 0.05) is 22.7 Å². The number of anilines is 2. The first-order chi connectivity index (χ1) is 15.8. The molecule has 2 N–H and O–H groups in total. The Bertz CT molecular complexity index is 1250. The number of para-hydroxylation sites is 2. The number of allylic oxidation sites excluding steroid dienone is 1. The first-order valence-corrected chi connectivity index (χ1v) is 11.0. The molecule has 3 aromatic carbocycles. The topological polar surface area (TPSA) is 41.1 Å². The zero-order valence-electron chi connectivity index (χ0n) is 17.4. The second kappa shape index (κ2) is 8.27. The van der Waals surface area contributed by atoms with Crippen molar-refractivity contribution in [3.05, 3.63) is 106 Å². The van der Waals surface area contributed by atoms with Crippen LogP contribution >= 0.6 is 11.6 Å². The van der Waals surface area contributed by atoms with Crippen LogP contribution in [-0.4, -0.2) is 5.78 Å². The Morgan fingerprint density at radius 2 is 1.52 bits per heavy atom. The lowest BCUT2D eigenvalue weighted by molar-refractivity contribution is -0.138. The number of Topliss-reactive ketones (excluding diaryl/α,β-unsaturated/α-hetero) is 1. The van der Waals surface area contributed by atoms with Crippen LogP contribution in [0.1, 0.15) is 41.5 Å². The summed E-state index contributed by atoms with van der Waals surface area (Å²) in [4.78, 5) is 13.5. The standard InChI is InChI=1S/C26H20ClF3N2O/c27-17-11-9-15(10-12-17)16-13-22-24(23(33)14-16)25(32-21-8-4-3-7-20(21)31-22)18-5-1-2-6-19(18)26(28,29)30/h1-12,16,25,31-32H,13-14H2/t16-,25-/m0/s1. The Morgan fingerprint density at radius 3 is 2.24 bits per heavy atom. The molecule has 2 aliphatic rings.